The average Bonchev–Trinajstić information content (AvgIpc) is 3.42. The molecule has 1 N–H and O–H groups in total. The Bertz CT molecular complexity index is 1370. The number of hydrogen-bond donors (Lipinski definition) is 1. The van der Waals surface area contributed by atoms with Gasteiger partial charge < -0.3 is 10.1 Å². The zero-order valence-electron chi connectivity index (χ0n) is 18.6. The molecule has 9 nitrogen and oxygen atoms in total. The Morgan fingerprint density at radius 1 is 1.06 bits per heavy atom. The van der Waals surface area contributed by atoms with Crippen molar-refractivity contribution in [3.05, 3.63) is 96.6 Å². The van der Waals surface area contributed by atoms with E-state index in [1.807, 2.05) is 24.3 Å². The van der Waals surface area contributed by atoms with Crippen molar-refractivity contribution in [3.8, 4) is 11.4 Å². The Hall–Kier alpha value is -4.18. The zero-order valence-corrected chi connectivity index (χ0v) is 19.4. The highest BCUT2D eigenvalue weighted by Gasteiger charge is 2.22. The van der Waals surface area contributed by atoms with Crippen molar-refractivity contribution < 1.29 is 17.9 Å². The van der Waals surface area contributed by atoms with Crippen molar-refractivity contribution in [1.29, 1.82) is 0 Å². The van der Waals surface area contributed by atoms with Crippen LogP contribution in [0.5, 0.6) is 5.75 Å². The number of anilines is 1. The molecule has 0 saturated heterocycles. The number of aromatic nitrogens is 3. The Morgan fingerprint density at radius 2 is 1.79 bits per heavy atom. The molecule has 0 atom stereocenters. The molecule has 0 spiro atoms. The standard InChI is InChI=1S/C24H23N5O4S/c1-28(20-10-12-22(33-2)13-11-20)34(31,32)23-5-3-4-19(14-23)24(30)26-15-18-6-8-21(9-7-18)29-17-25-16-27-29/h3-14,16-17H,15H2,1-2H3,(H,26,30). The number of sulfonamides is 1. The number of carbonyl (C=O) groups is 1. The summed E-state index contributed by atoms with van der Waals surface area (Å²) in [5, 5.41) is 6.90. The van der Waals surface area contributed by atoms with E-state index in [1.165, 1.54) is 29.8 Å². The van der Waals surface area contributed by atoms with Crippen molar-refractivity contribution >= 4 is 21.6 Å². The number of hydrogen-bond acceptors (Lipinski definition) is 6. The molecule has 0 saturated carbocycles. The van der Waals surface area contributed by atoms with Crippen LogP contribution in [0.15, 0.2) is 90.3 Å². The molecule has 174 valence electrons. The van der Waals surface area contributed by atoms with Crippen molar-refractivity contribution in [2.45, 2.75) is 11.4 Å². The number of ether oxygens (including phenoxy) is 1. The lowest BCUT2D eigenvalue weighted by Crippen LogP contribution is -2.27. The molecule has 0 aliphatic heterocycles. The van der Waals surface area contributed by atoms with Crippen LogP contribution in [0.3, 0.4) is 0 Å². The molecule has 0 unspecified atom stereocenters. The molecule has 0 aliphatic rings. The summed E-state index contributed by atoms with van der Waals surface area (Å²) in [5.41, 5.74) is 2.47. The van der Waals surface area contributed by atoms with Gasteiger partial charge in [-0.05, 0) is 60.2 Å². The normalized spacial score (nSPS) is 11.1. The number of nitrogens with zero attached hydrogens (tertiary/aromatic N) is 4. The van der Waals surface area contributed by atoms with Gasteiger partial charge in [0.15, 0.2) is 0 Å². The van der Waals surface area contributed by atoms with E-state index in [9.17, 15) is 13.2 Å². The van der Waals surface area contributed by atoms with Gasteiger partial charge in [-0.2, -0.15) is 5.10 Å². The average molecular weight is 478 g/mol. The summed E-state index contributed by atoms with van der Waals surface area (Å²) in [6.45, 7) is 0.291. The molecule has 10 heteroatoms. The summed E-state index contributed by atoms with van der Waals surface area (Å²) in [4.78, 5) is 16.6. The van der Waals surface area contributed by atoms with Crippen molar-refractivity contribution in [2.24, 2.45) is 0 Å². The van der Waals surface area contributed by atoms with E-state index >= 15 is 0 Å². The van der Waals surface area contributed by atoms with Crippen LogP contribution in [-0.4, -0.2) is 43.2 Å². The van der Waals surface area contributed by atoms with Gasteiger partial charge in [0.2, 0.25) is 0 Å². The van der Waals surface area contributed by atoms with E-state index < -0.39 is 10.0 Å². The van der Waals surface area contributed by atoms with Gasteiger partial charge in [-0.3, -0.25) is 9.10 Å². The molecule has 3 aromatic carbocycles. The predicted molar refractivity (Wildman–Crippen MR) is 128 cm³/mol. The van der Waals surface area contributed by atoms with Crippen LogP contribution in [-0.2, 0) is 16.6 Å². The van der Waals surface area contributed by atoms with Crippen LogP contribution in [0.2, 0.25) is 0 Å². The first kappa shape index (κ1) is 23.0. The number of carbonyl (C=O) groups excluding carboxylic acids is 1. The van der Waals surface area contributed by atoms with E-state index in [2.05, 4.69) is 15.4 Å². The van der Waals surface area contributed by atoms with Gasteiger partial charge in [0.25, 0.3) is 15.9 Å². The highest BCUT2D eigenvalue weighted by atomic mass is 32.2. The van der Waals surface area contributed by atoms with Crippen LogP contribution >= 0.6 is 0 Å². The minimum Gasteiger partial charge on any atom is -0.497 e. The topological polar surface area (TPSA) is 106 Å². The van der Waals surface area contributed by atoms with Crippen molar-refractivity contribution in [3.63, 3.8) is 0 Å². The molecule has 4 aromatic rings. The number of benzene rings is 3. The molecule has 4 rings (SSSR count). The van der Waals surface area contributed by atoms with Gasteiger partial charge in [-0.15, -0.1) is 0 Å². The smallest absolute Gasteiger partial charge is 0.264 e. The fourth-order valence-electron chi connectivity index (χ4n) is 3.28. The maximum Gasteiger partial charge on any atom is 0.264 e. The number of amides is 1. The number of nitrogens with one attached hydrogen (secondary N) is 1. The van der Waals surface area contributed by atoms with Crippen LogP contribution < -0.4 is 14.4 Å². The first-order chi connectivity index (χ1) is 16.4. The number of methoxy groups -OCH3 is 1. The second kappa shape index (κ2) is 9.75. The Balaban J connectivity index is 1.45. The SMILES string of the molecule is COc1ccc(N(C)S(=O)(=O)c2cccc(C(=O)NCc3ccc(-n4cncn4)cc3)c2)cc1. The lowest BCUT2D eigenvalue weighted by atomic mass is 10.2. The summed E-state index contributed by atoms with van der Waals surface area (Å²) in [6.07, 6.45) is 3.06. The fourth-order valence-corrected chi connectivity index (χ4v) is 4.52. The van der Waals surface area contributed by atoms with Gasteiger partial charge in [-0.1, -0.05) is 18.2 Å². The Kier molecular flexibility index (Phi) is 6.60. The molecule has 34 heavy (non-hydrogen) atoms. The Morgan fingerprint density at radius 3 is 2.44 bits per heavy atom. The van der Waals surface area contributed by atoms with Gasteiger partial charge in [0, 0.05) is 19.2 Å². The van der Waals surface area contributed by atoms with Crippen LogP contribution in [0.1, 0.15) is 15.9 Å². The minimum absolute atomic E-state index is 0.0238. The van der Waals surface area contributed by atoms with Crippen molar-refractivity contribution in [2.75, 3.05) is 18.5 Å². The molecule has 1 amide bonds. The lowest BCUT2D eigenvalue weighted by Gasteiger charge is -2.20. The van der Waals surface area contributed by atoms with Crippen LogP contribution in [0.25, 0.3) is 5.69 Å². The van der Waals surface area contributed by atoms with E-state index in [1.54, 1.807) is 54.5 Å². The summed E-state index contributed by atoms with van der Waals surface area (Å²) in [5.74, 6) is 0.255. The second-order valence-electron chi connectivity index (χ2n) is 7.39. The largest absolute Gasteiger partial charge is 0.497 e. The molecular formula is C24H23N5O4S. The maximum absolute atomic E-state index is 13.1. The first-order valence-corrected chi connectivity index (χ1v) is 11.8. The van der Waals surface area contributed by atoms with E-state index in [0.717, 1.165) is 11.3 Å². The third-order valence-corrected chi connectivity index (χ3v) is 7.04. The summed E-state index contributed by atoms with van der Waals surface area (Å²) < 4.78 is 34.2. The zero-order chi connectivity index (χ0) is 24.1. The minimum atomic E-state index is -3.86. The monoisotopic (exact) mass is 477 g/mol. The molecule has 1 heterocycles. The van der Waals surface area contributed by atoms with Crippen LogP contribution in [0, 0.1) is 0 Å². The second-order valence-corrected chi connectivity index (χ2v) is 9.36. The van der Waals surface area contributed by atoms with Gasteiger partial charge in [0.05, 0.1) is 23.4 Å². The van der Waals surface area contributed by atoms with E-state index in [-0.39, 0.29) is 16.4 Å². The molecular weight excluding hydrogens is 454 g/mol. The maximum atomic E-state index is 13.1. The lowest BCUT2D eigenvalue weighted by molar-refractivity contribution is 0.0950. The number of rotatable bonds is 8. The summed E-state index contributed by atoms with van der Waals surface area (Å²) in [7, 11) is -0.855. The fraction of sp³-hybridized carbons (Fsp3) is 0.125. The van der Waals surface area contributed by atoms with Crippen molar-refractivity contribution in [1.82, 2.24) is 20.1 Å². The van der Waals surface area contributed by atoms with Gasteiger partial charge in [-0.25, -0.2) is 18.1 Å². The third-order valence-electron chi connectivity index (χ3n) is 5.26. The molecule has 0 bridgehead atoms. The Labute approximate surface area is 197 Å². The molecule has 0 fully saturated rings. The summed E-state index contributed by atoms with van der Waals surface area (Å²) in [6, 6.07) is 20.1. The molecule has 1 aromatic heterocycles. The van der Waals surface area contributed by atoms with Gasteiger partial charge >= 0.3 is 0 Å². The van der Waals surface area contributed by atoms with E-state index in [0.29, 0.717) is 18.0 Å². The highest BCUT2D eigenvalue weighted by molar-refractivity contribution is 7.92. The van der Waals surface area contributed by atoms with Crippen LogP contribution in [0.4, 0.5) is 5.69 Å². The first-order valence-electron chi connectivity index (χ1n) is 10.3. The predicted octanol–water partition coefficient (Wildman–Crippen LogP) is 3.03. The summed E-state index contributed by atoms with van der Waals surface area (Å²) >= 11 is 0. The third kappa shape index (κ3) is 4.91. The van der Waals surface area contributed by atoms with E-state index in [4.69, 9.17) is 4.74 Å². The quantitative estimate of drug-likeness (QED) is 0.418. The van der Waals surface area contributed by atoms with Gasteiger partial charge in [0.1, 0.15) is 18.4 Å². The molecule has 0 aliphatic carbocycles. The highest BCUT2D eigenvalue weighted by Crippen LogP contribution is 2.24. The molecule has 0 radical (unpaired) electrons.